The summed E-state index contributed by atoms with van der Waals surface area (Å²) >= 11 is 5.92. The Morgan fingerprint density at radius 1 is 1.12 bits per heavy atom. The molecular formula is C24H25ClN2O5S. The molecule has 1 amide bonds. The average molecular weight is 489 g/mol. The molecule has 1 unspecified atom stereocenters. The zero-order chi connectivity index (χ0) is 23.6. The topological polar surface area (TPSA) is 85.7 Å². The van der Waals surface area contributed by atoms with Crippen LogP contribution in [0.4, 0.5) is 0 Å². The number of para-hydroxylation sites is 1. The summed E-state index contributed by atoms with van der Waals surface area (Å²) in [6, 6.07) is 13.1. The molecule has 2 aromatic carbocycles. The zero-order valence-electron chi connectivity index (χ0n) is 18.2. The molecule has 4 rings (SSSR count). The van der Waals surface area contributed by atoms with Crippen molar-refractivity contribution in [2.45, 2.75) is 36.1 Å². The molecule has 2 heterocycles. The first-order chi connectivity index (χ1) is 15.8. The van der Waals surface area contributed by atoms with E-state index in [0.717, 1.165) is 6.42 Å². The van der Waals surface area contributed by atoms with Gasteiger partial charge < -0.3 is 14.2 Å². The molecule has 1 aliphatic rings. The molecule has 33 heavy (non-hydrogen) atoms. The molecule has 0 bridgehead atoms. The standard InChI is InChI=1S/C24H25ClN2O5S/c1-2-32-24(29)17-6-5-13-26(14-17)23(28)16-27-15-22(20-7-3-4-8-21(20)27)33(30,31)19-11-9-18(25)10-12-19/h3-4,7-12,15,17H,2,5-6,13-14,16H2,1H3. The van der Waals surface area contributed by atoms with Gasteiger partial charge in [0.25, 0.3) is 0 Å². The van der Waals surface area contributed by atoms with Gasteiger partial charge in [-0.15, -0.1) is 0 Å². The molecule has 1 aliphatic heterocycles. The van der Waals surface area contributed by atoms with Crippen LogP contribution in [0.25, 0.3) is 10.9 Å². The van der Waals surface area contributed by atoms with Gasteiger partial charge >= 0.3 is 5.97 Å². The van der Waals surface area contributed by atoms with Crippen molar-refractivity contribution in [3.05, 3.63) is 59.8 Å². The van der Waals surface area contributed by atoms with Gasteiger partial charge in [-0.05, 0) is 50.1 Å². The molecule has 1 aromatic heterocycles. The van der Waals surface area contributed by atoms with Crippen LogP contribution in [0.2, 0.25) is 5.02 Å². The number of amides is 1. The lowest BCUT2D eigenvalue weighted by molar-refractivity contribution is -0.151. The average Bonchev–Trinajstić information content (AvgIpc) is 3.19. The van der Waals surface area contributed by atoms with Gasteiger partial charge in [-0.1, -0.05) is 29.8 Å². The van der Waals surface area contributed by atoms with E-state index in [4.69, 9.17) is 16.3 Å². The summed E-state index contributed by atoms with van der Waals surface area (Å²) in [5.41, 5.74) is 0.650. The molecule has 3 aromatic rings. The Hall–Kier alpha value is -2.84. The van der Waals surface area contributed by atoms with Gasteiger partial charge in [0, 0.05) is 35.2 Å². The van der Waals surface area contributed by atoms with Crippen LogP contribution >= 0.6 is 11.6 Å². The summed E-state index contributed by atoms with van der Waals surface area (Å²) in [6.07, 6.45) is 2.93. The smallest absolute Gasteiger partial charge is 0.310 e. The van der Waals surface area contributed by atoms with E-state index in [0.29, 0.717) is 42.0 Å². The quantitative estimate of drug-likeness (QED) is 0.491. The highest BCUT2D eigenvalue weighted by Gasteiger charge is 2.30. The molecule has 0 saturated carbocycles. The van der Waals surface area contributed by atoms with Gasteiger partial charge in [0.2, 0.25) is 15.7 Å². The molecule has 1 fully saturated rings. The number of aromatic nitrogens is 1. The number of carbonyl (C=O) groups excluding carboxylic acids is 2. The van der Waals surface area contributed by atoms with Crippen molar-refractivity contribution in [2.75, 3.05) is 19.7 Å². The van der Waals surface area contributed by atoms with Crippen LogP contribution in [0.5, 0.6) is 0 Å². The molecule has 0 radical (unpaired) electrons. The normalized spacial score (nSPS) is 16.7. The minimum atomic E-state index is -3.81. The van der Waals surface area contributed by atoms with Crippen molar-refractivity contribution < 1.29 is 22.7 Å². The Labute approximate surface area is 197 Å². The number of benzene rings is 2. The maximum Gasteiger partial charge on any atom is 0.310 e. The van der Waals surface area contributed by atoms with Crippen LogP contribution in [0.3, 0.4) is 0 Å². The number of hydrogen-bond acceptors (Lipinski definition) is 5. The summed E-state index contributed by atoms with van der Waals surface area (Å²) < 4.78 is 33.5. The van der Waals surface area contributed by atoms with Crippen LogP contribution < -0.4 is 0 Å². The Morgan fingerprint density at radius 3 is 2.58 bits per heavy atom. The number of ether oxygens (including phenoxy) is 1. The molecule has 7 nitrogen and oxygen atoms in total. The van der Waals surface area contributed by atoms with Gasteiger partial charge in [0.05, 0.1) is 22.3 Å². The fourth-order valence-electron chi connectivity index (χ4n) is 4.20. The number of rotatable bonds is 6. The van der Waals surface area contributed by atoms with Gasteiger partial charge in [0.15, 0.2) is 0 Å². The predicted molar refractivity (Wildman–Crippen MR) is 125 cm³/mol. The third-order valence-corrected chi connectivity index (χ3v) is 7.91. The maximum atomic E-state index is 13.3. The number of sulfone groups is 1. The lowest BCUT2D eigenvalue weighted by Crippen LogP contribution is -2.44. The Bertz CT molecular complexity index is 1280. The highest BCUT2D eigenvalue weighted by atomic mass is 35.5. The second-order valence-corrected chi connectivity index (χ2v) is 10.4. The highest BCUT2D eigenvalue weighted by molar-refractivity contribution is 7.91. The first kappa shape index (κ1) is 23.3. The molecule has 1 saturated heterocycles. The van der Waals surface area contributed by atoms with E-state index in [1.54, 1.807) is 40.7 Å². The molecule has 0 N–H and O–H groups in total. The number of fused-ring (bicyclic) bond motifs is 1. The summed E-state index contributed by atoms with van der Waals surface area (Å²) in [6.45, 7) is 2.92. The van der Waals surface area contributed by atoms with Crippen LogP contribution in [0, 0.1) is 5.92 Å². The van der Waals surface area contributed by atoms with Crippen molar-refractivity contribution in [3.8, 4) is 0 Å². The van der Waals surface area contributed by atoms with E-state index in [-0.39, 0.29) is 34.1 Å². The molecule has 0 spiro atoms. The maximum absolute atomic E-state index is 13.3. The number of piperidine rings is 1. The molecule has 174 valence electrons. The first-order valence-electron chi connectivity index (χ1n) is 10.8. The van der Waals surface area contributed by atoms with Crippen molar-refractivity contribution in [3.63, 3.8) is 0 Å². The fraction of sp³-hybridized carbons (Fsp3) is 0.333. The number of halogens is 1. The van der Waals surface area contributed by atoms with E-state index in [2.05, 4.69) is 0 Å². The fourth-order valence-corrected chi connectivity index (χ4v) is 5.80. The highest BCUT2D eigenvalue weighted by Crippen LogP contribution is 2.31. The van der Waals surface area contributed by atoms with Crippen molar-refractivity contribution in [1.82, 2.24) is 9.47 Å². The summed E-state index contributed by atoms with van der Waals surface area (Å²) in [5, 5.41) is 0.993. The summed E-state index contributed by atoms with van der Waals surface area (Å²) in [7, 11) is -3.81. The Morgan fingerprint density at radius 2 is 1.85 bits per heavy atom. The van der Waals surface area contributed by atoms with Crippen LogP contribution in [-0.4, -0.2) is 49.5 Å². The van der Waals surface area contributed by atoms with Crippen molar-refractivity contribution in [2.24, 2.45) is 5.92 Å². The second-order valence-electron chi connectivity index (χ2n) is 8.03. The summed E-state index contributed by atoms with van der Waals surface area (Å²) in [5.74, 6) is -0.775. The minimum Gasteiger partial charge on any atom is -0.466 e. The van der Waals surface area contributed by atoms with E-state index in [9.17, 15) is 18.0 Å². The van der Waals surface area contributed by atoms with E-state index < -0.39 is 9.84 Å². The van der Waals surface area contributed by atoms with E-state index in [1.807, 2.05) is 0 Å². The van der Waals surface area contributed by atoms with Gasteiger partial charge in [-0.3, -0.25) is 9.59 Å². The zero-order valence-corrected chi connectivity index (χ0v) is 19.8. The number of hydrogen-bond donors (Lipinski definition) is 0. The number of likely N-dealkylation sites (tertiary alicyclic amines) is 1. The van der Waals surface area contributed by atoms with Gasteiger partial charge in [-0.25, -0.2) is 8.42 Å². The number of esters is 1. The lowest BCUT2D eigenvalue weighted by atomic mass is 9.98. The third-order valence-electron chi connectivity index (χ3n) is 5.87. The number of carbonyl (C=O) groups is 2. The third kappa shape index (κ3) is 4.77. The Kier molecular flexibility index (Phi) is 6.76. The van der Waals surface area contributed by atoms with Crippen molar-refractivity contribution >= 4 is 44.2 Å². The molecule has 1 atom stereocenters. The molecular weight excluding hydrogens is 464 g/mol. The second kappa shape index (κ2) is 9.57. The van der Waals surface area contributed by atoms with Crippen molar-refractivity contribution in [1.29, 1.82) is 0 Å². The monoisotopic (exact) mass is 488 g/mol. The van der Waals surface area contributed by atoms with Gasteiger partial charge in [-0.2, -0.15) is 0 Å². The number of nitrogens with zero attached hydrogens (tertiary/aromatic N) is 2. The van der Waals surface area contributed by atoms with Crippen LogP contribution in [0.1, 0.15) is 19.8 Å². The van der Waals surface area contributed by atoms with E-state index >= 15 is 0 Å². The molecule has 9 heteroatoms. The lowest BCUT2D eigenvalue weighted by Gasteiger charge is -2.31. The predicted octanol–water partition coefficient (Wildman–Crippen LogP) is 3.93. The minimum absolute atomic E-state index is 0.0216. The Balaban J connectivity index is 1.62. The van der Waals surface area contributed by atoms with Crippen LogP contribution in [-0.2, 0) is 30.7 Å². The van der Waals surface area contributed by atoms with Gasteiger partial charge in [0.1, 0.15) is 6.54 Å². The van der Waals surface area contributed by atoms with E-state index in [1.165, 1.54) is 30.5 Å². The molecule has 0 aliphatic carbocycles. The van der Waals surface area contributed by atoms with Crippen LogP contribution in [0.15, 0.2) is 64.5 Å². The summed E-state index contributed by atoms with van der Waals surface area (Å²) in [4.78, 5) is 27.2. The largest absolute Gasteiger partial charge is 0.466 e. The SMILES string of the molecule is CCOC(=O)C1CCCN(C(=O)Cn2cc(S(=O)(=O)c3ccc(Cl)cc3)c3ccccc32)C1. The first-order valence-corrected chi connectivity index (χ1v) is 12.7.